The van der Waals surface area contributed by atoms with Crippen molar-refractivity contribution >= 4 is 16.0 Å². The van der Waals surface area contributed by atoms with E-state index in [9.17, 15) is 18.3 Å². The predicted molar refractivity (Wildman–Crippen MR) is 132 cm³/mol. The molecule has 1 N–H and O–H groups in total. The van der Waals surface area contributed by atoms with Crippen LogP contribution in [0, 0.1) is 12.8 Å². The molecule has 10 heteroatoms. The van der Waals surface area contributed by atoms with Crippen molar-refractivity contribution in [2.75, 3.05) is 6.54 Å². The molecule has 5 rings (SSSR count). The summed E-state index contributed by atoms with van der Waals surface area (Å²) in [6.45, 7) is 4.21. The number of aryl methyl sites for hydroxylation is 2. The molecule has 0 spiro atoms. The van der Waals surface area contributed by atoms with Crippen LogP contribution in [-0.4, -0.2) is 51.4 Å². The zero-order chi connectivity index (χ0) is 25.6. The molecular formula is C26H30N4O5S. The van der Waals surface area contributed by atoms with Crippen LogP contribution in [0.4, 0.5) is 0 Å². The van der Waals surface area contributed by atoms with Crippen molar-refractivity contribution < 1.29 is 23.1 Å². The average molecular weight is 511 g/mol. The molecule has 2 heterocycles. The number of hydrogen-bond acceptors (Lipinski definition) is 6. The van der Waals surface area contributed by atoms with E-state index < -0.39 is 16.0 Å². The minimum atomic E-state index is -3.77. The Hall–Kier alpha value is -3.24. The Bertz CT molecular complexity index is 1400. The highest BCUT2D eigenvalue weighted by Gasteiger charge is 2.46. The summed E-state index contributed by atoms with van der Waals surface area (Å²) in [5, 5.41) is 17.9. The summed E-state index contributed by atoms with van der Waals surface area (Å²) in [6, 6.07) is 12.6. The second kappa shape index (κ2) is 9.33. The maximum atomic E-state index is 13.5. The predicted octanol–water partition coefficient (Wildman–Crippen LogP) is 3.46. The minimum Gasteiger partial charge on any atom is -0.488 e. The zero-order valence-electron chi connectivity index (χ0n) is 20.5. The van der Waals surface area contributed by atoms with Crippen LogP contribution in [0.5, 0.6) is 5.75 Å². The Balaban J connectivity index is 1.45. The average Bonchev–Trinajstić information content (AvgIpc) is 3.51. The van der Waals surface area contributed by atoms with Gasteiger partial charge in [-0.3, -0.25) is 9.48 Å². The van der Waals surface area contributed by atoms with E-state index in [1.807, 2.05) is 45.3 Å². The first-order chi connectivity index (χ1) is 17.1. The van der Waals surface area contributed by atoms with E-state index in [2.05, 4.69) is 10.3 Å². The summed E-state index contributed by atoms with van der Waals surface area (Å²) in [4.78, 5) is 11.9. The zero-order valence-corrected chi connectivity index (χ0v) is 21.4. The normalized spacial score (nSPS) is 23.8. The lowest BCUT2D eigenvalue weighted by atomic mass is 9.87. The molecule has 2 aromatic carbocycles. The van der Waals surface area contributed by atoms with Crippen molar-refractivity contribution in [2.45, 2.75) is 56.1 Å². The molecule has 1 aromatic heterocycles. The van der Waals surface area contributed by atoms with E-state index in [0.717, 1.165) is 28.8 Å². The molecule has 2 aliphatic rings. The monoisotopic (exact) mass is 510 g/mol. The number of aromatic nitrogens is 3. The second-order valence-corrected chi connectivity index (χ2v) is 11.8. The van der Waals surface area contributed by atoms with Gasteiger partial charge in [0.2, 0.25) is 10.0 Å². The Morgan fingerprint density at radius 2 is 2.03 bits per heavy atom. The molecule has 1 aliphatic heterocycles. The molecule has 3 aromatic rings. The molecule has 4 unspecified atom stereocenters. The summed E-state index contributed by atoms with van der Waals surface area (Å²) in [5.74, 6) is -0.366. The lowest BCUT2D eigenvalue weighted by molar-refractivity contribution is -0.137. The quantitative estimate of drug-likeness (QED) is 0.518. The van der Waals surface area contributed by atoms with E-state index in [1.54, 1.807) is 28.9 Å². The molecule has 0 saturated heterocycles. The van der Waals surface area contributed by atoms with Crippen molar-refractivity contribution in [3.05, 3.63) is 71.0 Å². The number of carboxylic acids is 1. The smallest absolute Gasteiger partial charge is 0.303 e. The van der Waals surface area contributed by atoms with Gasteiger partial charge in [0.25, 0.3) is 0 Å². The molecule has 9 nitrogen and oxygen atoms in total. The molecule has 1 aliphatic carbocycles. The third-order valence-corrected chi connectivity index (χ3v) is 9.01. The number of fused-ring (bicyclic) bond motifs is 1. The number of aliphatic carboxylic acids is 1. The summed E-state index contributed by atoms with van der Waals surface area (Å²) in [5.41, 5.74) is 3.60. The summed E-state index contributed by atoms with van der Waals surface area (Å²) < 4.78 is 36.1. The van der Waals surface area contributed by atoms with Crippen molar-refractivity contribution in [3.8, 4) is 5.75 Å². The van der Waals surface area contributed by atoms with Crippen LogP contribution in [0.3, 0.4) is 0 Å². The summed E-state index contributed by atoms with van der Waals surface area (Å²) in [7, 11) is -1.95. The minimum absolute atomic E-state index is 0.00416. The van der Waals surface area contributed by atoms with E-state index >= 15 is 0 Å². The first-order valence-corrected chi connectivity index (χ1v) is 13.5. The van der Waals surface area contributed by atoms with E-state index in [1.165, 1.54) is 4.31 Å². The fourth-order valence-electron chi connectivity index (χ4n) is 5.21. The van der Waals surface area contributed by atoms with Crippen LogP contribution in [0.15, 0.2) is 53.6 Å². The fourth-order valence-corrected chi connectivity index (χ4v) is 6.82. The molecule has 36 heavy (non-hydrogen) atoms. The standard InChI is InChI=1S/C26H30N4O5S/c1-16-8-9-18(20(12-26(31)32)21-11-22(21)23-15-29(3)28-27-23)10-19(16)14-30-13-17(2)35-24-6-4-5-7-25(24)36(30,33)34/h4-10,15,17,20-22H,11-14H2,1-3H3,(H,31,32). The van der Waals surface area contributed by atoms with Gasteiger partial charge in [-0.25, -0.2) is 8.42 Å². The number of carboxylic acid groups (broad SMARTS) is 1. The van der Waals surface area contributed by atoms with Crippen LogP contribution in [0.25, 0.3) is 0 Å². The first-order valence-electron chi connectivity index (χ1n) is 12.1. The van der Waals surface area contributed by atoms with Gasteiger partial charge in [-0.2, -0.15) is 4.31 Å². The van der Waals surface area contributed by atoms with Gasteiger partial charge in [0.15, 0.2) is 0 Å². The second-order valence-electron chi connectivity index (χ2n) is 9.89. The van der Waals surface area contributed by atoms with Gasteiger partial charge in [0.05, 0.1) is 18.7 Å². The number of sulfonamides is 1. The van der Waals surface area contributed by atoms with Crippen LogP contribution >= 0.6 is 0 Å². The van der Waals surface area contributed by atoms with Crippen molar-refractivity contribution in [1.82, 2.24) is 19.3 Å². The lowest BCUT2D eigenvalue weighted by Gasteiger charge is -2.24. The van der Waals surface area contributed by atoms with Crippen molar-refractivity contribution in [2.24, 2.45) is 13.0 Å². The first kappa shape index (κ1) is 24.5. The number of ether oxygens (including phenoxy) is 1. The van der Waals surface area contributed by atoms with Crippen molar-refractivity contribution in [1.29, 1.82) is 0 Å². The Morgan fingerprint density at radius 1 is 1.25 bits per heavy atom. The Kier molecular flexibility index (Phi) is 6.34. The Labute approximate surface area is 210 Å². The molecule has 0 radical (unpaired) electrons. The van der Waals surface area contributed by atoms with Gasteiger partial charge in [-0.1, -0.05) is 35.5 Å². The SMILES string of the molecule is Cc1ccc(C(CC(=O)O)C2CC2c2cn(C)nn2)cc1CN1CC(C)Oc2ccccc2S1(=O)=O. The van der Waals surface area contributed by atoms with Crippen LogP contribution in [0.2, 0.25) is 0 Å². The van der Waals surface area contributed by atoms with E-state index in [0.29, 0.717) is 5.75 Å². The number of hydrogen-bond donors (Lipinski definition) is 1. The number of benzene rings is 2. The molecule has 1 fully saturated rings. The highest BCUT2D eigenvalue weighted by molar-refractivity contribution is 7.89. The van der Waals surface area contributed by atoms with E-state index in [4.69, 9.17) is 4.74 Å². The Morgan fingerprint density at radius 3 is 2.75 bits per heavy atom. The number of rotatable bonds is 7. The third kappa shape index (κ3) is 4.75. The van der Waals surface area contributed by atoms with Gasteiger partial charge in [-0.15, -0.1) is 5.10 Å². The molecule has 1 saturated carbocycles. The summed E-state index contributed by atoms with van der Waals surface area (Å²) in [6.07, 6.45) is 2.43. The highest BCUT2D eigenvalue weighted by atomic mass is 32.2. The fraction of sp³-hybridized carbons (Fsp3) is 0.423. The molecule has 0 amide bonds. The highest BCUT2D eigenvalue weighted by Crippen LogP contribution is 2.55. The molecule has 4 atom stereocenters. The molecule has 0 bridgehead atoms. The van der Waals surface area contributed by atoms with Crippen molar-refractivity contribution in [3.63, 3.8) is 0 Å². The lowest BCUT2D eigenvalue weighted by Crippen LogP contribution is -2.35. The number of nitrogens with zero attached hydrogens (tertiary/aromatic N) is 4. The third-order valence-electron chi connectivity index (χ3n) is 7.16. The van der Waals surface area contributed by atoms with Gasteiger partial charge in [0, 0.05) is 25.7 Å². The van der Waals surface area contributed by atoms with Gasteiger partial charge < -0.3 is 9.84 Å². The molecular weight excluding hydrogens is 480 g/mol. The van der Waals surface area contributed by atoms with Crippen LogP contribution < -0.4 is 4.74 Å². The van der Waals surface area contributed by atoms with Crippen LogP contribution in [-0.2, 0) is 28.4 Å². The maximum absolute atomic E-state index is 13.5. The molecule has 190 valence electrons. The topological polar surface area (TPSA) is 115 Å². The van der Waals surface area contributed by atoms with Crippen LogP contribution in [0.1, 0.15) is 54.0 Å². The van der Waals surface area contributed by atoms with E-state index in [-0.39, 0.29) is 48.3 Å². The number of para-hydroxylation sites is 1. The maximum Gasteiger partial charge on any atom is 0.303 e. The largest absolute Gasteiger partial charge is 0.488 e. The van der Waals surface area contributed by atoms with Gasteiger partial charge in [0.1, 0.15) is 16.7 Å². The van der Waals surface area contributed by atoms with Gasteiger partial charge >= 0.3 is 5.97 Å². The number of carbonyl (C=O) groups is 1. The van der Waals surface area contributed by atoms with Gasteiger partial charge in [-0.05, 0) is 60.9 Å². The summed E-state index contributed by atoms with van der Waals surface area (Å²) >= 11 is 0.